The van der Waals surface area contributed by atoms with Gasteiger partial charge in [0.25, 0.3) is 0 Å². The van der Waals surface area contributed by atoms with Gasteiger partial charge >= 0.3 is 0 Å². The molecule has 0 spiro atoms. The molecule has 0 atom stereocenters. The number of nitrogens with one attached hydrogen (secondary N) is 2. The van der Waals surface area contributed by atoms with Crippen LogP contribution in [-0.2, 0) is 6.42 Å². The van der Waals surface area contributed by atoms with E-state index in [9.17, 15) is 0 Å². The Bertz CT molecular complexity index is 396. The summed E-state index contributed by atoms with van der Waals surface area (Å²) in [5, 5.41) is 3.26. The van der Waals surface area contributed by atoms with Gasteiger partial charge in [-0.1, -0.05) is 25.1 Å². The Kier molecular flexibility index (Phi) is 4.97. The lowest BCUT2D eigenvalue weighted by molar-refractivity contribution is 0.818. The van der Waals surface area contributed by atoms with Crippen LogP contribution in [0.25, 0.3) is 0 Å². The van der Waals surface area contributed by atoms with Crippen LogP contribution in [0.15, 0.2) is 23.2 Å². The average molecular weight is 234 g/mol. The van der Waals surface area contributed by atoms with Crippen LogP contribution in [0.2, 0.25) is 0 Å². The monoisotopic (exact) mass is 234 g/mol. The number of guanidine groups is 1. The molecule has 94 valence electrons. The third-order valence-corrected chi connectivity index (χ3v) is 2.51. The second-order valence-corrected chi connectivity index (χ2v) is 4.30. The quantitative estimate of drug-likeness (QED) is 0.325. The number of nitrogens with zero attached hydrogens (tertiary/aromatic N) is 1. The van der Waals surface area contributed by atoms with E-state index in [2.05, 4.69) is 47.8 Å². The maximum atomic E-state index is 5.47. The minimum atomic E-state index is 0.197. The fraction of sp³-hybridized carbons (Fsp3) is 0.462. The molecule has 0 amide bonds. The number of anilines is 1. The molecule has 17 heavy (non-hydrogen) atoms. The highest BCUT2D eigenvalue weighted by Gasteiger charge is 2.06. The molecule has 0 aromatic heterocycles. The number of hydrogen-bond acceptors (Lipinski definition) is 2. The van der Waals surface area contributed by atoms with Gasteiger partial charge in [-0.2, -0.15) is 0 Å². The first kappa shape index (κ1) is 13.5. The SMILES string of the molecule is CCc1cccc(C)c1NC(=NC(C)C)NN. The van der Waals surface area contributed by atoms with Gasteiger partial charge in [0.1, 0.15) is 0 Å². The summed E-state index contributed by atoms with van der Waals surface area (Å²) in [4.78, 5) is 4.38. The molecule has 0 aliphatic heterocycles. The number of aryl methyl sites for hydroxylation is 2. The molecule has 0 heterocycles. The van der Waals surface area contributed by atoms with Gasteiger partial charge in [0.2, 0.25) is 5.96 Å². The summed E-state index contributed by atoms with van der Waals surface area (Å²) in [7, 11) is 0. The zero-order chi connectivity index (χ0) is 12.8. The van der Waals surface area contributed by atoms with E-state index in [4.69, 9.17) is 5.84 Å². The molecule has 0 radical (unpaired) electrons. The minimum Gasteiger partial charge on any atom is -0.325 e. The predicted octanol–water partition coefficient (Wildman–Crippen LogP) is 2.20. The number of rotatable bonds is 3. The molecule has 0 bridgehead atoms. The summed E-state index contributed by atoms with van der Waals surface area (Å²) in [5.74, 6) is 6.07. The van der Waals surface area contributed by atoms with Crippen molar-refractivity contribution in [1.29, 1.82) is 0 Å². The molecule has 0 fully saturated rings. The van der Waals surface area contributed by atoms with Gasteiger partial charge in [0, 0.05) is 11.7 Å². The summed E-state index contributed by atoms with van der Waals surface area (Å²) < 4.78 is 0. The van der Waals surface area contributed by atoms with E-state index in [1.807, 2.05) is 13.8 Å². The molecule has 1 aromatic rings. The summed E-state index contributed by atoms with van der Waals surface area (Å²) in [5.41, 5.74) is 6.14. The Morgan fingerprint density at radius 2 is 2.12 bits per heavy atom. The lowest BCUT2D eigenvalue weighted by Crippen LogP contribution is -2.37. The number of benzene rings is 1. The molecule has 0 saturated carbocycles. The molecule has 0 unspecified atom stereocenters. The van der Waals surface area contributed by atoms with Crippen LogP contribution in [-0.4, -0.2) is 12.0 Å². The maximum absolute atomic E-state index is 5.47. The fourth-order valence-electron chi connectivity index (χ4n) is 1.68. The van der Waals surface area contributed by atoms with E-state index >= 15 is 0 Å². The Morgan fingerprint density at radius 1 is 1.41 bits per heavy atom. The van der Waals surface area contributed by atoms with Crippen LogP contribution in [0, 0.1) is 6.92 Å². The summed E-state index contributed by atoms with van der Waals surface area (Å²) in [6.45, 7) is 8.23. The normalized spacial score (nSPS) is 11.8. The van der Waals surface area contributed by atoms with Crippen molar-refractivity contribution in [3.05, 3.63) is 29.3 Å². The number of aliphatic imine (C=N–C) groups is 1. The van der Waals surface area contributed by atoms with E-state index in [0.717, 1.165) is 12.1 Å². The summed E-state index contributed by atoms with van der Waals surface area (Å²) >= 11 is 0. The molecular formula is C13H22N4. The van der Waals surface area contributed by atoms with Crippen LogP contribution in [0.1, 0.15) is 31.9 Å². The zero-order valence-electron chi connectivity index (χ0n) is 11.0. The van der Waals surface area contributed by atoms with Crippen LogP contribution in [0.4, 0.5) is 5.69 Å². The largest absolute Gasteiger partial charge is 0.325 e. The van der Waals surface area contributed by atoms with Crippen LogP contribution in [0.3, 0.4) is 0 Å². The van der Waals surface area contributed by atoms with Crippen molar-refractivity contribution in [3.63, 3.8) is 0 Å². The fourth-order valence-corrected chi connectivity index (χ4v) is 1.68. The molecule has 4 N–H and O–H groups in total. The van der Waals surface area contributed by atoms with Gasteiger partial charge in [-0.05, 0) is 38.3 Å². The number of para-hydroxylation sites is 1. The van der Waals surface area contributed by atoms with E-state index in [1.165, 1.54) is 11.1 Å². The molecule has 4 heteroatoms. The van der Waals surface area contributed by atoms with E-state index in [1.54, 1.807) is 0 Å². The molecular weight excluding hydrogens is 212 g/mol. The van der Waals surface area contributed by atoms with Crippen molar-refractivity contribution >= 4 is 11.6 Å². The average Bonchev–Trinajstić information content (AvgIpc) is 2.29. The first-order valence-corrected chi connectivity index (χ1v) is 5.98. The number of hydrogen-bond donors (Lipinski definition) is 3. The maximum Gasteiger partial charge on any atom is 0.210 e. The van der Waals surface area contributed by atoms with Crippen molar-refractivity contribution in [1.82, 2.24) is 5.43 Å². The molecule has 0 aliphatic rings. The highest BCUT2D eigenvalue weighted by Crippen LogP contribution is 2.20. The summed E-state index contributed by atoms with van der Waals surface area (Å²) in [6.07, 6.45) is 0.976. The number of hydrazine groups is 1. The third kappa shape index (κ3) is 3.75. The lowest BCUT2D eigenvalue weighted by Gasteiger charge is -2.15. The molecule has 0 saturated heterocycles. The van der Waals surface area contributed by atoms with Gasteiger partial charge in [0.05, 0.1) is 0 Å². The smallest absolute Gasteiger partial charge is 0.210 e. The Morgan fingerprint density at radius 3 is 2.65 bits per heavy atom. The Balaban J connectivity index is 3.01. The van der Waals surface area contributed by atoms with E-state index in [-0.39, 0.29) is 6.04 Å². The first-order chi connectivity index (χ1) is 8.08. The van der Waals surface area contributed by atoms with Crippen molar-refractivity contribution < 1.29 is 0 Å². The van der Waals surface area contributed by atoms with Gasteiger partial charge in [0.15, 0.2) is 0 Å². The highest BCUT2D eigenvalue weighted by molar-refractivity contribution is 5.94. The zero-order valence-corrected chi connectivity index (χ0v) is 11.0. The lowest BCUT2D eigenvalue weighted by atomic mass is 10.1. The highest BCUT2D eigenvalue weighted by atomic mass is 15.3. The topological polar surface area (TPSA) is 62.4 Å². The van der Waals surface area contributed by atoms with Crippen molar-refractivity contribution in [2.75, 3.05) is 5.32 Å². The molecule has 1 aromatic carbocycles. The second-order valence-electron chi connectivity index (χ2n) is 4.30. The summed E-state index contributed by atoms with van der Waals surface area (Å²) in [6, 6.07) is 6.45. The minimum absolute atomic E-state index is 0.197. The van der Waals surface area contributed by atoms with E-state index < -0.39 is 0 Å². The van der Waals surface area contributed by atoms with Gasteiger partial charge < -0.3 is 5.32 Å². The second kappa shape index (κ2) is 6.25. The van der Waals surface area contributed by atoms with Crippen molar-refractivity contribution in [3.8, 4) is 0 Å². The van der Waals surface area contributed by atoms with E-state index in [0.29, 0.717) is 5.96 Å². The molecule has 0 aliphatic carbocycles. The van der Waals surface area contributed by atoms with Crippen LogP contribution >= 0.6 is 0 Å². The van der Waals surface area contributed by atoms with Gasteiger partial charge in [-0.3, -0.25) is 5.43 Å². The van der Waals surface area contributed by atoms with Crippen LogP contribution < -0.4 is 16.6 Å². The predicted molar refractivity (Wildman–Crippen MR) is 74.1 cm³/mol. The van der Waals surface area contributed by atoms with Crippen molar-refractivity contribution in [2.24, 2.45) is 10.8 Å². The molecule has 1 rings (SSSR count). The van der Waals surface area contributed by atoms with Gasteiger partial charge in [-0.15, -0.1) is 0 Å². The Hall–Kier alpha value is -1.55. The third-order valence-electron chi connectivity index (χ3n) is 2.51. The molecule has 4 nitrogen and oxygen atoms in total. The van der Waals surface area contributed by atoms with Gasteiger partial charge in [-0.25, -0.2) is 10.8 Å². The van der Waals surface area contributed by atoms with Crippen molar-refractivity contribution in [2.45, 2.75) is 40.2 Å². The number of nitrogens with two attached hydrogens (primary N) is 1. The first-order valence-electron chi connectivity index (χ1n) is 5.98. The Labute approximate surface area is 103 Å². The van der Waals surface area contributed by atoms with Crippen LogP contribution in [0.5, 0.6) is 0 Å². The standard InChI is InChI=1S/C13H22N4/c1-5-11-8-6-7-10(4)12(11)16-13(17-14)15-9(2)3/h6-9H,5,14H2,1-4H3,(H2,15,16,17).